The molecule has 1 N–H and O–H groups in total. The number of nitrogens with zero attached hydrogens (tertiary/aromatic N) is 2. The summed E-state index contributed by atoms with van der Waals surface area (Å²) in [6.45, 7) is 8.39. The van der Waals surface area contributed by atoms with Crippen molar-refractivity contribution in [2.24, 2.45) is 5.10 Å². The van der Waals surface area contributed by atoms with Crippen LogP contribution in [0.5, 0.6) is 11.5 Å². The molecule has 0 aliphatic carbocycles. The first kappa shape index (κ1) is 19.2. The summed E-state index contributed by atoms with van der Waals surface area (Å²) >= 11 is 8.67. The Balaban J connectivity index is 2.28. The molecular formula is C16H19Br2N3O2S. The molecule has 0 amide bonds. The molecule has 0 bridgehead atoms. The lowest BCUT2D eigenvalue weighted by atomic mass is 10.2. The Morgan fingerprint density at radius 1 is 1.38 bits per heavy atom. The third-order valence-electron chi connectivity index (χ3n) is 2.79. The van der Waals surface area contributed by atoms with Gasteiger partial charge in [-0.2, -0.15) is 5.10 Å². The third-order valence-corrected chi connectivity index (χ3v) is 5.80. The van der Waals surface area contributed by atoms with Crippen LogP contribution in [-0.2, 0) is 0 Å². The number of ether oxygens (including phenoxy) is 2. The molecule has 2 rings (SSSR count). The van der Waals surface area contributed by atoms with Crippen molar-refractivity contribution in [3.8, 4) is 11.5 Å². The zero-order chi connectivity index (χ0) is 17.7. The maximum absolute atomic E-state index is 5.87. The highest BCUT2D eigenvalue weighted by molar-refractivity contribution is 9.13. The van der Waals surface area contributed by atoms with Crippen LogP contribution in [0.1, 0.15) is 32.0 Å². The molecular weight excluding hydrogens is 458 g/mol. The fourth-order valence-corrected chi connectivity index (χ4v) is 3.42. The molecule has 0 aliphatic rings. The van der Waals surface area contributed by atoms with Crippen molar-refractivity contribution in [1.29, 1.82) is 0 Å². The van der Waals surface area contributed by atoms with Crippen molar-refractivity contribution in [3.05, 3.63) is 31.6 Å². The minimum atomic E-state index is 0.0433. The Morgan fingerprint density at radius 2 is 2.12 bits per heavy atom. The number of thiazole rings is 1. The summed E-state index contributed by atoms with van der Waals surface area (Å²) in [4.78, 5) is 4.30. The molecule has 130 valence electrons. The van der Waals surface area contributed by atoms with Gasteiger partial charge >= 0.3 is 0 Å². The monoisotopic (exact) mass is 475 g/mol. The summed E-state index contributed by atoms with van der Waals surface area (Å²) in [5.74, 6) is 1.35. The van der Waals surface area contributed by atoms with Crippen LogP contribution in [-0.4, -0.2) is 23.9 Å². The SMILES string of the molecule is CCOc1cc(C=NNc2nc(C)cs2)c(Br)c(Br)c1OC(C)C. The highest BCUT2D eigenvalue weighted by Crippen LogP contribution is 2.43. The zero-order valence-corrected chi connectivity index (χ0v) is 17.9. The molecule has 0 radical (unpaired) electrons. The van der Waals surface area contributed by atoms with Gasteiger partial charge in [-0.1, -0.05) is 0 Å². The third kappa shape index (κ3) is 4.94. The van der Waals surface area contributed by atoms with E-state index in [1.807, 2.05) is 39.1 Å². The first-order chi connectivity index (χ1) is 11.4. The summed E-state index contributed by atoms with van der Waals surface area (Å²) in [6, 6.07) is 1.90. The Labute approximate surface area is 162 Å². The predicted molar refractivity (Wildman–Crippen MR) is 107 cm³/mol. The van der Waals surface area contributed by atoms with Crippen LogP contribution in [0.25, 0.3) is 0 Å². The summed E-state index contributed by atoms with van der Waals surface area (Å²) in [6.07, 6.45) is 1.76. The largest absolute Gasteiger partial charge is 0.490 e. The fraction of sp³-hybridized carbons (Fsp3) is 0.375. The number of anilines is 1. The number of hydrazone groups is 1. The average molecular weight is 477 g/mol. The normalized spacial score (nSPS) is 11.3. The lowest BCUT2D eigenvalue weighted by Crippen LogP contribution is -2.09. The molecule has 0 unspecified atom stereocenters. The molecule has 0 spiro atoms. The van der Waals surface area contributed by atoms with Gasteiger partial charge in [-0.15, -0.1) is 11.3 Å². The van der Waals surface area contributed by atoms with Crippen LogP contribution in [0, 0.1) is 6.92 Å². The second kappa shape index (κ2) is 8.82. The van der Waals surface area contributed by atoms with E-state index in [0.717, 1.165) is 25.3 Å². The molecule has 0 saturated carbocycles. The zero-order valence-electron chi connectivity index (χ0n) is 13.9. The number of halogens is 2. The lowest BCUT2D eigenvalue weighted by Gasteiger charge is -2.18. The second-order valence-corrected chi connectivity index (χ2v) is 7.63. The van der Waals surface area contributed by atoms with Gasteiger partial charge in [-0.25, -0.2) is 4.98 Å². The van der Waals surface area contributed by atoms with Gasteiger partial charge in [0.25, 0.3) is 0 Å². The van der Waals surface area contributed by atoms with E-state index in [1.165, 1.54) is 11.3 Å². The number of benzene rings is 1. The van der Waals surface area contributed by atoms with Crippen LogP contribution in [0.2, 0.25) is 0 Å². The molecule has 0 aliphatic heterocycles. The van der Waals surface area contributed by atoms with Crippen molar-refractivity contribution in [1.82, 2.24) is 4.98 Å². The van der Waals surface area contributed by atoms with Gasteiger partial charge in [0.15, 0.2) is 11.5 Å². The van der Waals surface area contributed by atoms with E-state index in [4.69, 9.17) is 9.47 Å². The quantitative estimate of drug-likeness (QED) is 0.416. The molecule has 2 aromatic rings. The van der Waals surface area contributed by atoms with Crippen molar-refractivity contribution < 1.29 is 9.47 Å². The Bertz CT molecular complexity index is 732. The number of hydrogen-bond donors (Lipinski definition) is 1. The van der Waals surface area contributed by atoms with Gasteiger partial charge < -0.3 is 9.47 Å². The van der Waals surface area contributed by atoms with Crippen LogP contribution in [0.15, 0.2) is 25.5 Å². The van der Waals surface area contributed by atoms with Crippen molar-refractivity contribution in [2.75, 3.05) is 12.0 Å². The van der Waals surface area contributed by atoms with Crippen LogP contribution < -0.4 is 14.9 Å². The van der Waals surface area contributed by atoms with E-state index in [9.17, 15) is 0 Å². The summed E-state index contributed by atoms with van der Waals surface area (Å²) in [5.41, 5.74) is 4.76. The number of hydrogen-bond acceptors (Lipinski definition) is 6. The first-order valence-electron chi connectivity index (χ1n) is 7.45. The Morgan fingerprint density at radius 3 is 2.71 bits per heavy atom. The maximum Gasteiger partial charge on any atom is 0.203 e. The van der Waals surface area contributed by atoms with Crippen molar-refractivity contribution in [3.63, 3.8) is 0 Å². The molecule has 24 heavy (non-hydrogen) atoms. The Kier molecular flexibility index (Phi) is 7.06. The minimum Gasteiger partial charge on any atom is -0.490 e. The molecule has 0 atom stereocenters. The smallest absolute Gasteiger partial charge is 0.203 e. The van der Waals surface area contributed by atoms with Crippen LogP contribution in [0.4, 0.5) is 5.13 Å². The van der Waals surface area contributed by atoms with Gasteiger partial charge in [0.2, 0.25) is 5.13 Å². The molecule has 0 saturated heterocycles. The van der Waals surface area contributed by atoms with Gasteiger partial charge in [-0.05, 0) is 65.6 Å². The highest BCUT2D eigenvalue weighted by atomic mass is 79.9. The predicted octanol–water partition coefficient (Wildman–Crippen LogP) is 5.61. The Hall–Kier alpha value is -1.12. The summed E-state index contributed by atoms with van der Waals surface area (Å²) in [5, 5.41) is 6.97. The lowest BCUT2D eigenvalue weighted by molar-refractivity contribution is 0.222. The van der Waals surface area contributed by atoms with E-state index in [2.05, 4.69) is 47.4 Å². The highest BCUT2D eigenvalue weighted by Gasteiger charge is 2.17. The van der Waals surface area contributed by atoms with E-state index >= 15 is 0 Å². The summed E-state index contributed by atoms with van der Waals surface area (Å²) in [7, 11) is 0. The van der Waals surface area contributed by atoms with Gasteiger partial charge in [-0.3, -0.25) is 5.43 Å². The van der Waals surface area contributed by atoms with E-state index in [-0.39, 0.29) is 6.10 Å². The average Bonchev–Trinajstić information content (AvgIpc) is 2.93. The molecule has 1 heterocycles. The molecule has 5 nitrogen and oxygen atoms in total. The molecule has 0 fully saturated rings. The number of aromatic nitrogens is 1. The van der Waals surface area contributed by atoms with E-state index in [1.54, 1.807) is 6.21 Å². The molecule has 1 aromatic carbocycles. The first-order valence-corrected chi connectivity index (χ1v) is 9.91. The van der Waals surface area contributed by atoms with Gasteiger partial charge in [0.1, 0.15) is 0 Å². The van der Waals surface area contributed by atoms with Gasteiger partial charge in [0, 0.05) is 15.4 Å². The van der Waals surface area contributed by atoms with E-state index < -0.39 is 0 Å². The minimum absolute atomic E-state index is 0.0433. The van der Waals surface area contributed by atoms with E-state index in [0.29, 0.717) is 18.1 Å². The second-order valence-electron chi connectivity index (χ2n) is 5.18. The molecule has 1 aromatic heterocycles. The van der Waals surface area contributed by atoms with Crippen molar-refractivity contribution >= 4 is 54.5 Å². The fourth-order valence-electron chi connectivity index (χ4n) is 1.87. The summed E-state index contributed by atoms with van der Waals surface area (Å²) < 4.78 is 13.2. The van der Waals surface area contributed by atoms with Crippen molar-refractivity contribution in [2.45, 2.75) is 33.8 Å². The van der Waals surface area contributed by atoms with Crippen LogP contribution >= 0.6 is 43.2 Å². The number of aryl methyl sites for hydroxylation is 1. The molecule has 8 heteroatoms. The standard InChI is InChI=1S/C16H19Br2N3O2S/c1-5-22-12-6-11(7-19-21-16-20-10(4)8-24-16)13(17)14(18)15(12)23-9(2)3/h6-9H,5H2,1-4H3,(H,20,21). The number of rotatable bonds is 7. The number of nitrogens with one attached hydrogen (secondary N) is 1. The van der Waals surface area contributed by atoms with Gasteiger partial charge in [0.05, 0.1) is 29.1 Å². The van der Waals surface area contributed by atoms with Crippen LogP contribution in [0.3, 0.4) is 0 Å². The topological polar surface area (TPSA) is 55.7 Å². The maximum atomic E-state index is 5.87.